The third-order valence-electron chi connectivity index (χ3n) is 0.814. The van der Waals surface area contributed by atoms with Crippen LogP contribution in [0.15, 0.2) is 21.4 Å². The fraction of sp³-hybridized carbons (Fsp3) is 0. The second kappa shape index (κ2) is 3.09. The maximum atomic E-state index is 8.32. The van der Waals surface area contributed by atoms with Crippen LogP contribution < -0.4 is 4.65 Å². The van der Waals surface area contributed by atoms with E-state index < -0.39 is 7.32 Å². The van der Waals surface area contributed by atoms with E-state index in [0.29, 0.717) is 4.47 Å². The summed E-state index contributed by atoms with van der Waals surface area (Å²) in [6.45, 7) is 0. The van der Waals surface area contributed by atoms with Crippen molar-refractivity contribution in [1.82, 2.24) is 0 Å². The van der Waals surface area contributed by atoms with Gasteiger partial charge in [-0.05, 0) is 15.9 Å². The molecule has 1 aromatic heterocycles. The Morgan fingerprint density at radius 2 is 2.20 bits per heavy atom. The van der Waals surface area contributed by atoms with Crippen LogP contribution in [0.25, 0.3) is 0 Å². The fourth-order valence-electron chi connectivity index (χ4n) is 0.468. The van der Waals surface area contributed by atoms with Gasteiger partial charge in [-0.15, -0.1) is 0 Å². The molecule has 10 heavy (non-hydrogen) atoms. The van der Waals surface area contributed by atoms with Gasteiger partial charge >= 0.3 is 7.32 Å². The highest BCUT2D eigenvalue weighted by Gasteiger charge is 2.14. The summed E-state index contributed by atoms with van der Waals surface area (Å²) in [6, 6.07) is 0. The molecule has 0 saturated carbocycles. The lowest BCUT2D eigenvalue weighted by atomic mass is 10.2. The molecule has 54 valence electrons. The minimum Gasteiger partial charge on any atom is -0.509 e. The second-order valence-electron chi connectivity index (χ2n) is 1.53. The number of hydrogen-bond acceptors (Lipinski definition) is 4. The van der Waals surface area contributed by atoms with Crippen LogP contribution in [0.4, 0.5) is 0 Å². The normalized spacial score (nSPS) is 9.50. The first-order valence-electron chi connectivity index (χ1n) is 2.44. The molecule has 6 heteroatoms. The molecule has 0 atom stereocenters. The SMILES string of the molecule is OB(O)Oc1cocc1Br. The highest BCUT2D eigenvalue weighted by atomic mass is 79.9. The summed E-state index contributed by atoms with van der Waals surface area (Å²) in [5.41, 5.74) is 0. The van der Waals surface area contributed by atoms with Crippen molar-refractivity contribution in [2.45, 2.75) is 0 Å². The molecule has 0 aromatic carbocycles. The van der Waals surface area contributed by atoms with E-state index in [2.05, 4.69) is 25.0 Å². The van der Waals surface area contributed by atoms with E-state index in [1.165, 1.54) is 12.5 Å². The molecule has 0 saturated heterocycles. The van der Waals surface area contributed by atoms with Crippen molar-refractivity contribution in [1.29, 1.82) is 0 Å². The monoisotopic (exact) mass is 206 g/mol. The lowest BCUT2D eigenvalue weighted by Gasteiger charge is -1.98. The zero-order valence-electron chi connectivity index (χ0n) is 4.82. The molecule has 1 rings (SSSR count). The van der Waals surface area contributed by atoms with Crippen LogP contribution in [0, 0.1) is 0 Å². The molecule has 0 unspecified atom stereocenters. The Labute approximate surface area is 65.7 Å². The van der Waals surface area contributed by atoms with Gasteiger partial charge in [-0.25, -0.2) is 0 Å². The first-order valence-corrected chi connectivity index (χ1v) is 3.24. The number of furan rings is 1. The summed E-state index contributed by atoms with van der Waals surface area (Å²) in [5.74, 6) is 0.259. The van der Waals surface area contributed by atoms with Gasteiger partial charge in [-0.2, -0.15) is 0 Å². The minimum absolute atomic E-state index is 0.259. The lowest BCUT2D eigenvalue weighted by molar-refractivity contribution is 0.286. The zero-order valence-corrected chi connectivity index (χ0v) is 6.41. The molecule has 2 N–H and O–H groups in total. The van der Waals surface area contributed by atoms with Gasteiger partial charge in [0.2, 0.25) is 0 Å². The summed E-state index contributed by atoms with van der Waals surface area (Å²) in [6.07, 6.45) is 2.63. The van der Waals surface area contributed by atoms with Crippen LogP contribution in [0.2, 0.25) is 0 Å². The van der Waals surface area contributed by atoms with Crippen molar-refractivity contribution in [3.63, 3.8) is 0 Å². The third-order valence-corrected chi connectivity index (χ3v) is 1.39. The van der Waals surface area contributed by atoms with Crippen molar-refractivity contribution in [2.75, 3.05) is 0 Å². The van der Waals surface area contributed by atoms with Crippen LogP contribution in [0.5, 0.6) is 5.75 Å². The van der Waals surface area contributed by atoms with Gasteiger partial charge in [0.15, 0.2) is 5.75 Å². The summed E-state index contributed by atoms with van der Waals surface area (Å²) in [4.78, 5) is 0. The van der Waals surface area contributed by atoms with Gasteiger partial charge in [0.1, 0.15) is 12.5 Å². The zero-order chi connectivity index (χ0) is 7.56. The van der Waals surface area contributed by atoms with Crippen molar-refractivity contribution in [2.24, 2.45) is 0 Å². The molecule has 0 aliphatic rings. The maximum absolute atomic E-state index is 8.32. The Morgan fingerprint density at radius 1 is 1.50 bits per heavy atom. The average Bonchev–Trinajstić information content (AvgIpc) is 2.15. The maximum Gasteiger partial charge on any atom is 0.707 e. The number of hydrogen-bond donors (Lipinski definition) is 2. The quantitative estimate of drug-likeness (QED) is 0.688. The van der Waals surface area contributed by atoms with E-state index in [1.807, 2.05) is 0 Å². The first-order chi connectivity index (χ1) is 4.70. The standard InChI is InChI=1S/C4H4BBrO4/c6-3-1-9-2-4(3)10-5(7)8/h1-2,7-8H. The summed E-state index contributed by atoms with van der Waals surface area (Å²) < 4.78 is 9.65. The smallest absolute Gasteiger partial charge is 0.509 e. The highest BCUT2D eigenvalue weighted by molar-refractivity contribution is 9.10. The van der Waals surface area contributed by atoms with Crippen LogP contribution in [0.1, 0.15) is 0 Å². The molecule has 0 radical (unpaired) electrons. The van der Waals surface area contributed by atoms with Gasteiger partial charge in [0, 0.05) is 0 Å². The molecule has 0 bridgehead atoms. The molecular weight excluding hydrogens is 203 g/mol. The summed E-state index contributed by atoms with van der Waals surface area (Å²) in [7, 11) is -1.81. The lowest BCUT2D eigenvalue weighted by Crippen LogP contribution is -2.20. The van der Waals surface area contributed by atoms with Gasteiger partial charge in [-0.3, -0.25) is 0 Å². The fourth-order valence-corrected chi connectivity index (χ4v) is 0.762. The molecule has 0 amide bonds. The molecule has 0 aliphatic carbocycles. The van der Waals surface area contributed by atoms with Gasteiger partial charge in [0.25, 0.3) is 0 Å². The first kappa shape index (κ1) is 7.65. The van der Waals surface area contributed by atoms with E-state index in [9.17, 15) is 0 Å². The number of halogens is 1. The Hall–Kier alpha value is -0.455. The van der Waals surface area contributed by atoms with Crippen LogP contribution in [-0.4, -0.2) is 17.4 Å². The van der Waals surface area contributed by atoms with E-state index >= 15 is 0 Å². The van der Waals surface area contributed by atoms with E-state index in [-0.39, 0.29) is 5.75 Å². The molecule has 4 nitrogen and oxygen atoms in total. The van der Waals surface area contributed by atoms with Gasteiger partial charge in [-0.1, -0.05) is 0 Å². The van der Waals surface area contributed by atoms with E-state index in [4.69, 9.17) is 10.0 Å². The van der Waals surface area contributed by atoms with Crippen LogP contribution in [0.3, 0.4) is 0 Å². The van der Waals surface area contributed by atoms with Gasteiger partial charge < -0.3 is 19.1 Å². The average molecular weight is 207 g/mol. The van der Waals surface area contributed by atoms with E-state index in [1.54, 1.807) is 0 Å². The molecule has 0 spiro atoms. The molecule has 0 aliphatic heterocycles. The topological polar surface area (TPSA) is 62.8 Å². The molecular formula is C4H4BBrO4. The van der Waals surface area contributed by atoms with Crippen LogP contribution in [-0.2, 0) is 0 Å². The Bertz CT molecular complexity index is 211. The third kappa shape index (κ3) is 1.76. The summed E-state index contributed by atoms with van der Waals surface area (Å²) >= 11 is 3.05. The minimum atomic E-state index is -1.81. The van der Waals surface area contributed by atoms with Crippen molar-refractivity contribution in [3.8, 4) is 5.75 Å². The summed E-state index contributed by atoms with van der Waals surface area (Å²) in [5, 5.41) is 16.6. The van der Waals surface area contributed by atoms with Gasteiger partial charge in [0.05, 0.1) is 4.47 Å². The van der Waals surface area contributed by atoms with Crippen LogP contribution >= 0.6 is 15.9 Å². The van der Waals surface area contributed by atoms with Crippen molar-refractivity contribution >= 4 is 23.3 Å². The Kier molecular flexibility index (Phi) is 2.36. The highest BCUT2D eigenvalue weighted by Crippen LogP contribution is 2.25. The number of rotatable bonds is 2. The van der Waals surface area contributed by atoms with E-state index in [0.717, 1.165) is 0 Å². The largest absolute Gasteiger partial charge is 0.707 e. The van der Waals surface area contributed by atoms with Crippen molar-refractivity contribution in [3.05, 3.63) is 17.0 Å². The van der Waals surface area contributed by atoms with Crippen molar-refractivity contribution < 1.29 is 19.1 Å². The second-order valence-corrected chi connectivity index (χ2v) is 2.38. The molecule has 1 aromatic rings. The predicted octanol–water partition coefficient (Wildman–Crippen LogP) is 0.390. The Balaban J connectivity index is 2.65. The molecule has 0 fully saturated rings. The Morgan fingerprint density at radius 3 is 2.60 bits per heavy atom. The molecule has 1 heterocycles. The predicted molar refractivity (Wildman–Crippen MR) is 37.2 cm³/mol.